The number of hydrogen-bond donors (Lipinski definition) is 2. The van der Waals surface area contributed by atoms with Crippen molar-refractivity contribution in [1.82, 2.24) is 5.32 Å². The predicted molar refractivity (Wildman–Crippen MR) is 108 cm³/mol. The number of rotatable bonds is 8. The molecule has 2 rings (SSSR count). The van der Waals surface area contributed by atoms with E-state index in [1.165, 1.54) is 38.1 Å². The van der Waals surface area contributed by atoms with Gasteiger partial charge < -0.3 is 34.1 Å². The third-order valence-corrected chi connectivity index (χ3v) is 4.42. The molecule has 33 heavy (non-hydrogen) atoms. The Labute approximate surface area is 189 Å². The molecular weight excluding hydrogens is 442 g/mol. The van der Waals surface area contributed by atoms with E-state index in [0.29, 0.717) is 0 Å². The number of carbonyl (C=O) groups excluding carboxylic acids is 4. The molecule has 2 N–H and O–H groups in total. The smallest absolute Gasteiger partial charge is 0.335 e. The minimum atomic E-state index is -1.29. The molecular formula is C21H25NO11. The number of nitrogens with one attached hydrogen (secondary N) is 1. The zero-order valence-electron chi connectivity index (χ0n) is 18.4. The van der Waals surface area contributed by atoms with Crippen LogP contribution in [0.5, 0.6) is 5.75 Å². The topological polar surface area (TPSA) is 164 Å². The fourth-order valence-corrected chi connectivity index (χ4v) is 3.20. The number of carbonyl (C=O) groups is 5. The van der Waals surface area contributed by atoms with E-state index in [4.69, 9.17) is 28.8 Å². The molecule has 1 saturated heterocycles. The van der Waals surface area contributed by atoms with Crippen LogP contribution in [0.4, 0.5) is 0 Å². The molecule has 5 atom stereocenters. The molecule has 0 bridgehead atoms. The standard InChI is InChI=1S/C21H25NO11/c1-10(23)22-17-19(31-13(4)26)18(30-12(3)25)16(9-29-11(2)24)33-21(17)32-15-7-5-14(6-8-15)20(27)28/h5-8,16-19,21H,9H2,1-4H3,(H,22,23)(H,27,28)/t16-,17+,18+,19+,21-/m1/s1. The molecule has 0 saturated carbocycles. The monoisotopic (exact) mass is 467 g/mol. The summed E-state index contributed by atoms with van der Waals surface area (Å²) in [4.78, 5) is 57.8. The zero-order valence-corrected chi connectivity index (χ0v) is 18.4. The average molecular weight is 467 g/mol. The van der Waals surface area contributed by atoms with Crippen molar-refractivity contribution in [3.8, 4) is 5.75 Å². The first-order valence-electron chi connectivity index (χ1n) is 9.88. The number of hydrogen-bond acceptors (Lipinski definition) is 10. The second-order valence-corrected chi connectivity index (χ2v) is 7.17. The van der Waals surface area contributed by atoms with Crippen LogP contribution in [0, 0.1) is 0 Å². The second kappa shape index (κ2) is 11.3. The molecule has 12 heteroatoms. The molecule has 1 fully saturated rings. The SMILES string of the molecule is CC(=O)N[C@@H]1[C@H](Oc2ccc(C(=O)O)cc2)O[C@H](COC(C)=O)[C@H](OC(C)=O)[C@H]1OC(C)=O. The summed E-state index contributed by atoms with van der Waals surface area (Å²) in [5.41, 5.74) is 0.0192. The summed E-state index contributed by atoms with van der Waals surface area (Å²) < 4.78 is 27.3. The van der Waals surface area contributed by atoms with E-state index in [9.17, 15) is 24.0 Å². The fraction of sp³-hybridized carbons (Fsp3) is 0.476. The first-order chi connectivity index (χ1) is 15.5. The number of benzene rings is 1. The van der Waals surface area contributed by atoms with Crippen molar-refractivity contribution in [1.29, 1.82) is 0 Å². The van der Waals surface area contributed by atoms with Crippen molar-refractivity contribution in [2.75, 3.05) is 6.61 Å². The van der Waals surface area contributed by atoms with Crippen LogP contribution in [0.3, 0.4) is 0 Å². The number of aromatic carboxylic acids is 1. The Kier molecular flexibility index (Phi) is 8.74. The van der Waals surface area contributed by atoms with Crippen LogP contribution in [-0.4, -0.2) is 72.1 Å². The maximum absolute atomic E-state index is 11.9. The third-order valence-electron chi connectivity index (χ3n) is 4.42. The molecule has 1 heterocycles. The zero-order chi connectivity index (χ0) is 24.7. The highest BCUT2D eigenvalue weighted by atomic mass is 16.7. The lowest BCUT2D eigenvalue weighted by Gasteiger charge is -2.44. The van der Waals surface area contributed by atoms with Crippen molar-refractivity contribution in [2.45, 2.75) is 58.3 Å². The summed E-state index contributed by atoms with van der Waals surface area (Å²) in [6.45, 7) is 4.29. The van der Waals surface area contributed by atoms with Gasteiger partial charge in [0.1, 0.15) is 24.5 Å². The highest BCUT2D eigenvalue weighted by Crippen LogP contribution is 2.29. The van der Waals surface area contributed by atoms with Crippen molar-refractivity contribution < 1.29 is 52.8 Å². The average Bonchev–Trinajstić information content (AvgIpc) is 2.70. The molecule has 1 aliphatic heterocycles. The molecule has 0 aliphatic carbocycles. The number of ether oxygens (including phenoxy) is 5. The Morgan fingerprint density at radius 3 is 1.97 bits per heavy atom. The van der Waals surface area contributed by atoms with Crippen LogP contribution in [0.15, 0.2) is 24.3 Å². The van der Waals surface area contributed by atoms with Gasteiger partial charge in [-0.1, -0.05) is 0 Å². The Morgan fingerprint density at radius 2 is 1.48 bits per heavy atom. The summed E-state index contributed by atoms with van der Waals surface area (Å²) in [5, 5.41) is 11.6. The van der Waals surface area contributed by atoms with Crippen LogP contribution < -0.4 is 10.1 Å². The van der Waals surface area contributed by atoms with Crippen LogP contribution in [0.2, 0.25) is 0 Å². The summed E-state index contributed by atoms with van der Waals surface area (Å²) in [5.74, 6) is -3.55. The largest absolute Gasteiger partial charge is 0.478 e. The van der Waals surface area contributed by atoms with E-state index in [2.05, 4.69) is 5.32 Å². The summed E-state index contributed by atoms with van der Waals surface area (Å²) >= 11 is 0. The minimum absolute atomic E-state index is 0.0192. The fourth-order valence-electron chi connectivity index (χ4n) is 3.20. The first-order valence-corrected chi connectivity index (χ1v) is 9.88. The van der Waals surface area contributed by atoms with E-state index in [-0.39, 0.29) is 17.9 Å². The van der Waals surface area contributed by atoms with E-state index < -0.39 is 60.4 Å². The van der Waals surface area contributed by atoms with E-state index in [0.717, 1.165) is 13.8 Å². The van der Waals surface area contributed by atoms with E-state index in [1.54, 1.807) is 0 Å². The normalized spacial score (nSPS) is 24.2. The van der Waals surface area contributed by atoms with Gasteiger partial charge in [0.25, 0.3) is 0 Å². The number of esters is 3. The third kappa shape index (κ3) is 7.45. The molecule has 1 amide bonds. The molecule has 0 radical (unpaired) electrons. The van der Waals surface area contributed by atoms with Crippen molar-refractivity contribution >= 4 is 29.8 Å². The summed E-state index contributed by atoms with van der Waals surface area (Å²) in [6.07, 6.45) is -4.90. The van der Waals surface area contributed by atoms with Crippen molar-refractivity contribution in [3.05, 3.63) is 29.8 Å². The van der Waals surface area contributed by atoms with Gasteiger partial charge in [-0.3, -0.25) is 19.2 Å². The molecule has 1 aromatic carbocycles. The molecule has 1 aromatic rings. The molecule has 0 unspecified atom stereocenters. The van der Waals surface area contributed by atoms with E-state index >= 15 is 0 Å². The van der Waals surface area contributed by atoms with Gasteiger partial charge >= 0.3 is 23.9 Å². The summed E-state index contributed by atoms with van der Waals surface area (Å²) in [6, 6.07) is 4.21. The van der Waals surface area contributed by atoms with Gasteiger partial charge in [-0.15, -0.1) is 0 Å². The van der Waals surface area contributed by atoms with Gasteiger partial charge in [0.05, 0.1) is 5.56 Å². The molecule has 0 aromatic heterocycles. The maximum atomic E-state index is 11.9. The summed E-state index contributed by atoms with van der Waals surface area (Å²) in [7, 11) is 0. The predicted octanol–water partition coefficient (Wildman–Crippen LogP) is 0.420. The second-order valence-electron chi connectivity index (χ2n) is 7.17. The van der Waals surface area contributed by atoms with Gasteiger partial charge in [0.2, 0.25) is 12.2 Å². The first kappa shape index (κ1) is 25.6. The Balaban J connectivity index is 2.43. The molecule has 0 spiro atoms. The number of carboxylic acid groups (broad SMARTS) is 1. The molecule has 12 nitrogen and oxygen atoms in total. The van der Waals surface area contributed by atoms with Crippen LogP contribution >= 0.6 is 0 Å². The molecule has 180 valence electrons. The molecule has 1 aliphatic rings. The Morgan fingerprint density at radius 1 is 0.909 bits per heavy atom. The maximum Gasteiger partial charge on any atom is 0.335 e. The van der Waals surface area contributed by atoms with E-state index in [1.807, 2.05) is 0 Å². The number of amides is 1. The van der Waals surface area contributed by atoms with Gasteiger partial charge in [0.15, 0.2) is 12.2 Å². The Bertz CT molecular complexity index is 898. The van der Waals surface area contributed by atoms with Crippen LogP contribution in [-0.2, 0) is 38.1 Å². The quantitative estimate of drug-likeness (QED) is 0.402. The lowest BCUT2D eigenvalue weighted by molar-refractivity contribution is -0.257. The van der Waals surface area contributed by atoms with Crippen molar-refractivity contribution in [3.63, 3.8) is 0 Å². The van der Waals surface area contributed by atoms with Crippen LogP contribution in [0.25, 0.3) is 0 Å². The van der Waals surface area contributed by atoms with Gasteiger partial charge in [-0.05, 0) is 24.3 Å². The van der Waals surface area contributed by atoms with Gasteiger partial charge in [-0.25, -0.2) is 4.79 Å². The Hall–Kier alpha value is -3.67. The highest BCUT2D eigenvalue weighted by molar-refractivity contribution is 5.87. The van der Waals surface area contributed by atoms with Gasteiger partial charge in [0, 0.05) is 27.7 Å². The number of carboxylic acids is 1. The van der Waals surface area contributed by atoms with Crippen molar-refractivity contribution in [2.24, 2.45) is 0 Å². The lowest BCUT2D eigenvalue weighted by Crippen LogP contribution is -2.67. The van der Waals surface area contributed by atoms with Crippen LogP contribution in [0.1, 0.15) is 38.1 Å². The lowest BCUT2D eigenvalue weighted by atomic mass is 9.96. The van der Waals surface area contributed by atoms with Gasteiger partial charge in [-0.2, -0.15) is 0 Å². The minimum Gasteiger partial charge on any atom is -0.478 e. The highest BCUT2D eigenvalue weighted by Gasteiger charge is 2.51.